The van der Waals surface area contributed by atoms with Crippen molar-refractivity contribution in [3.05, 3.63) is 0 Å². The lowest BCUT2D eigenvalue weighted by Gasteiger charge is -2.13. The fourth-order valence-corrected chi connectivity index (χ4v) is 1.20. The van der Waals surface area contributed by atoms with Gasteiger partial charge in [-0.2, -0.15) is 0 Å². The smallest absolute Gasteiger partial charge is 0.242 e. The van der Waals surface area contributed by atoms with Gasteiger partial charge < -0.3 is 21.7 Å². The van der Waals surface area contributed by atoms with Crippen molar-refractivity contribution in [3.63, 3.8) is 0 Å². The van der Waals surface area contributed by atoms with Crippen LogP contribution in [0, 0.1) is 0 Å². The third kappa shape index (κ3) is 5.86. The standard InChI is InChI=1S/C10H20N4O3/c1-6(9(16)12-2)14-8(15)5-4-7(11)10(17)13-3/h6-7H,4-5,11H2,1-3H3,(H,12,16)(H,13,17)(H,14,15)/t6-,7-/m0/s1. The van der Waals surface area contributed by atoms with Crippen LogP contribution in [0.25, 0.3) is 0 Å². The minimum Gasteiger partial charge on any atom is -0.358 e. The minimum absolute atomic E-state index is 0.107. The fraction of sp³-hybridized carbons (Fsp3) is 0.700. The zero-order valence-corrected chi connectivity index (χ0v) is 10.4. The molecule has 0 unspecified atom stereocenters. The zero-order valence-electron chi connectivity index (χ0n) is 10.4. The number of nitrogens with two attached hydrogens (primary N) is 1. The molecule has 2 atom stereocenters. The van der Waals surface area contributed by atoms with E-state index in [0.717, 1.165) is 0 Å². The summed E-state index contributed by atoms with van der Waals surface area (Å²) in [7, 11) is 2.97. The first-order valence-electron chi connectivity index (χ1n) is 5.40. The van der Waals surface area contributed by atoms with Crippen LogP contribution in [0.3, 0.4) is 0 Å². The average molecular weight is 244 g/mol. The van der Waals surface area contributed by atoms with Crippen molar-refractivity contribution >= 4 is 17.7 Å². The average Bonchev–Trinajstić information content (AvgIpc) is 2.33. The van der Waals surface area contributed by atoms with Gasteiger partial charge in [0.1, 0.15) is 6.04 Å². The normalized spacial score (nSPS) is 13.4. The SMILES string of the molecule is CNC(=O)[C@H](C)NC(=O)CC[C@H](N)C(=O)NC. The number of amides is 3. The lowest BCUT2D eigenvalue weighted by molar-refractivity contribution is -0.128. The molecule has 0 aromatic heterocycles. The fourth-order valence-electron chi connectivity index (χ4n) is 1.20. The zero-order chi connectivity index (χ0) is 13.4. The molecule has 7 heteroatoms. The molecule has 17 heavy (non-hydrogen) atoms. The highest BCUT2D eigenvalue weighted by Gasteiger charge is 2.16. The van der Waals surface area contributed by atoms with E-state index in [2.05, 4.69) is 16.0 Å². The molecule has 7 nitrogen and oxygen atoms in total. The van der Waals surface area contributed by atoms with Gasteiger partial charge in [0.15, 0.2) is 0 Å². The molecule has 0 bridgehead atoms. The first-order valence-corrected chi connectivity index (χ1v) is 5.40. The number of nitrogens with one attached hydrogen (secondary N) is 3. The molecule has 0 heterocycles. The topological polar surface area (TPSA) is 113 Å². The molecule has 0 saturated heterocycles. The highest BCUT2D eigenvalue weighted by Crippen LogP contribution is 1.95. The van der Waals surface area contributed by atoms with Crippen molar-refractivity contribution in [3.8, 4) is 0 Å². The minimum atomic E-state index is -0.707. The molecule has 0 aromatic rings. The molecule has 0 rings (SSSR count). The van der Waals surface area contributed by atoms with Crippen LogP contribution in [-0.2, 0) is 14.4 Å². The maximum Gasteiger partial charge on any atom is 0.242 e. The Morgan fingerprint density at radius 2 is 1.65 bits per heavy atom. The third-order valence-corrected chi connectivity index (χ3v) is 2.28. The molecule has 0 spiro atoms. The number of rotatable bonds is 6. The van der Waals surface area contributed by atoms with Gasteiger partial charge in [0.05, 0.1) is 6.04 Å². The Kier molecular flexibility index (Phi) is 6.88. The number of hydrogen-bond donors (Lipinski definition) is 4. The highest BCUT2D eigenvalue weighted by atomic mass is 16.2. The van der Waals surface area contributed by atoms with Crippen molar-refractivity contribution in [2.45, 2.75) is 31.8 Å². The maximum absolute atomic E-state index is 11.4. The van der Waals surface area contributed by atoms with Gasteiger partial charge in [-0.15, -0.1) is 0 Å². The molecule has 0 aliphatic rings. The summed E-state index contributed by atoms with van der Waals surface area (Å²) in [5.74, 6) is -0.883. The summed E-state index contributed by atoms with van der Waals surface area (Å²) in [5, 5.41) is 7.32. The number of carbonyl (C=O) groups is 3. The van der Waals surface area contributed by atoms with E-state index in [4.69, 9.17) is 5.73 Å². The first kappa shape index (κ1) is 15.4. The van der Waals surface area contributed by atoms with Gasteiger partial charge >= 0.3 is 0 Å². The van der Waals surface area contributed by atoms with Crippen LogP contribution in [0.5, 0.6) is 0 Å². The van der Waals surface area contributed by atoms with Gasteiger partial charge in [-0.05, 0) is 13.3 Å². The molecule has 0 aliphatic carbocycles. The van der Waals surface area contributed by atoms with Gasteiger partial charge in [-0.3, -0.25) is 14.4 Å². The Hall–Kier alpha value is -1.63. The molecular formula is C10H20N4O3. The predicted octanol–water partition coefficient (Wildman–Crippen LogP) is -1.91. The van der Waals surface area contributed by atoms with Crippen LogP contribution < -0.4 is 21.7 Å². The molecule has 5 N–H and O–H groups in total. The summed E-state index contributed by atoms with van der Waals surface area (Å²) in [6.07, 6.45) is 0.349. The third-order valence-electron chi connectivity index (χ3n) is 2.28. The summed E-state index contributed by atoms with van der Waals surface area (Å²) in [5.41, 5.74) is 5.52. The Morgan fingerprint density at radius 3 is 2.12 bits per heavy atom. The van der Waals surface area contributed by atoms with E-state index in [1.54, 1.807) is 6.92 Å². The largest absolute Gasteiger partial charge is 0.358 e. The number of likely N-dealkylation sites (N-methyl/N-ethyl adjacent to an activating group) is 2. The Bertz CT molecular complexity index is 293. The summed E-state index contributed by atoms with van der Waals surface area (Å²) < 4.78 is 0. The molecule has 0 fully saturated rings. The number of carbonyl (C=O) groups excluding carboxylic acids is 3. The van der Waals surface area contributed by atoms with Crippen LogP contribution in [0.4, 0.5) is 0 Å². The van der Waals surface area contributed by atoms with Crippen LogP contribution in [-0.4, -0.2) is 43.9 Å². The Balaban J connectivity index is 3.95. The van der Waals surface area contributed by atoms with Crippen molar-refractivity contribution in [1.29, 1.82) is 0 Å². The van der Waals surface area contributed by atoms with E-state index in [1.165, 1.54) is 14.1 Å². The summed E-state index contributed by atoms with van der Waals surface area (Å²) >= 11 is 0. The van der Waals surface area contributed by atoms with Gasteiger partial charge in [-0.25, -0.2) is 0 Å². The van der Waals surface area contributed by atoms with Crippen LogP contribution in [0.15, 0.2) is 0 Å². The molecule has 0 aromatic carbocycles. The van der Waals surface area contributed by atoms with Crippen molar-refractivity contribution in [2.24, 2.45) is 5.73 Å². The monoisotopic (exact) mass is 244 g/mol. The second kappa shape index (κ2) is 7.61. The van der Waals surface area contributed by atoms with Crippen LogP contribution in [0.1, 0.15) is 19.8 Å². The van der Waals surface area contributed by atoms with Gasteiger partial charge in [0.2, 0.25) is 17.7 Å². The van der Waals surface area contributed by atoms with E-state index in [-0.39, 0.29) is 30.6 Å². The lowest BCUT2D eigenvalue weighted by atomic mass is 10.1. The molecule has 0 aliphatic heterocycles. The second-order valence-electron chi connectivity index (χ2n) is 3.66. The quantitative estimate of drug-likeness (QED) is 0.436. The van der Waals surface area contributed by atoms with Gasteiger partial charge in [0, 0.05) is 20.5 Å². The van der Waals surface area contributed by atoms with Crippen molar-refractivity contribution in [1.82, 2.24) is 16.0 Å². The van der Waals surface area contributed by atoms with E-state index >= 15 is 0 Å². The Morgan fingerprint density at radius 1 is 1.12 bits per heavy atom. The summed E-state index contributed by atoms with van der Waals surface area (Å²) in [4.78, 5) is 33.6. The van der Waals surface area contributed by atoms with E-state index in [0.29, 0.717) is 0 Å². The van der Waals surface area contributed by atoms with Crippen molar-refractivity contribution < 1.29 is 14.4 Å². The maximum atomic E-state index is 11.4. The Labute approximate surface area is 100 Å². The predicted molar refractivity (Wildman–Crippen MR) is 62.9 cm³/mol. The molecule has 0 saturated carbocycles. The van der Waals surface area contributed by atoms with Crippen LogP contribution >= 0.6 is 0 Å². The molecule has 98 valence electrons. The lowest BCUT2D eigenvalue weighted by Crippen LogP contribution is -2.44. The van der Waals surface area contributed by atoms with Crippen LogP contribution in [0.2, 0.25) is 0 Å². The second-order valence-corrected chi connectivity index (χ2v) is 3.66. The van der Waals surface area contributed by atoms with Gasteiger partial charge in [0.25, 0.3) is 0 Å². The molecule has 3 amide bonds. The van der Waals surface area contributed by atoms with Gasteiger partial charge in [-0.1, -0.05) is 0 Å². The highest BCUT2D eigenvalue weighted by molar-refractivity contribution is 5.87. The first-order chi connectivity index (χ1) is 7.92. The molecule has 0 radical (unpaired) electrons. The molecular weight excluding hydrogens is 224 g/mol. The van der Waals surface area contributed by atoms with E-state index in [1.807, 2.05) is 0 Å². The summed E-state index contributed by atoms with van der Waals surface area (Å²) in [6.45, 7) is 1.58. The summed E-state index contributed by atoms with van der Waals surface area (Å²) in [6, 6.07) is -1.30. The van der Waals surface area contributed by atoms with E-state index < -0.39 is 12.1 Å². The number of hydrogen-bond acceptors (Lipinski definition) is 4. The van der Waals surface area contributed by atoms with Crippen molar-refractivity contribution in [2.75, 3.05) is 14.1 Å². The van der Waals surface area contributed by atoms with E-state index in [9.17, 15) is 14.4 Å².